The fourth-order valence-corrected chi connectivity index (χ4v) is 5.70. The standard InChI is InChI=1S/C25H28N2O3S/c1-30-23(28)15-9-8-14-22-24-21(18-31-22)26(16-19-10-4-2-5-11-19)25(29)27(24)17-20-12-6-3-7-13-20/h2-7,10-14,21,24H,8-9,15-18H2,1H3/t21-,24-/m0/s1. The number of hydrogen-bond donors (Lipinski definition) is 0. The fraction of sp³-hybridized carbons (Fsp3) is 0.360. The van der Waals surface area contributed by atoms with Crippen molar-refractivity contribution in [2.24, 2.45) is 0 Å². The summed E-state index contributed by atoms with van der Waals surface area (Å²) in [5.41, 5.74) is 2.29. The van der Waals surface area contributed by atoms with Crippen molar-refractivity contribution in [3.8, 4) is 0 Å². The Hall–Kier alpha value is -2.73. The van der Waals surface area contributed by atoms with Crippen LogP contribution in [0.4, 0.5) is 4.79 Å². The summed E-state index contributed by atoms with van der Waals surface area (Å²) in [5, 5.41) is 0. The van der Waals surface area contributed by atoms with E-state index in [9.17, 15) is 9.59 Å². The van der Waals surface area contributed by atoms with Gasteiger partial charge in [-0.1, -0.05) is 66.7 Å². The SMILES string of the molecule is COC(=O)CCCC=C1SC[C@H]2[C@@H]1N(Cc1ccccc1)C(=O)N2Cc1ccccc1. The maximum absolute atomic E-state index is 13.5. The van der Waals surface area contributed by atoms with Gasteiger partial charge >= 0.3 is 12.0 Å². The second-order valence-corrected chi connectivity index (χ2v) is 9.00. The summed E-state index contributed by atoms with van der Waals surface area (Å²) in [7, 11) is 1.42. The first-order valence-electron chi connectivity index (χ1n) is 10.7. The second-order valence-electron chi connectivity index (χ2n) is 7.91. The normalized spacial score (nSPS) is 21.6. The highest BCUT2D eigenvalue weighted by Gasteiger charge is 2.50. The van der Waals surface area contributed by atoms with Crippen LogP contribution in [0.15, 0.2) is 71.6 Å². The van der Waals surface area contributed by atoms with Gasteiger partial charge in [0.05, 0.1) is 19.2 Å². The molecule has 2 aliphatic rings. The number of amides is 2. The molecule has 5 nitrogen and oxygen atoms in total. The van der Waals surface area contributed by atoms with Gasteiger partial charge in [0, 0.05) is 30.2 Å². The third-order valence-corrected chi connectivity index (χ3v) is 7.10. The zero-order valence-electron chi connectivity index (χ0n) is 17.8. The van der Waals surface area contributed by atoms with Gasteiger partial charge in [-0.15, -0.1) is 11.8 Å². The third kappa shape index (κ3) is 4.96. The molecule has 0 aliphatic carbocycles. The number of carbonyl (C=O) groups excluding carboxylic acids is 2. The topological polar surface area (TPSA) is 49.9 Å². The van der Waals surface area contributed by atoms with Crippen LogP contribution in [0.1, 0.15) is 30.4 Å². The van der Waals surface area contributed by atoms with Crippen molar-refractivity contribution >= 4 is 23.8 Å². The number of carbonyl (C=O) groups is 2. The van der Waals surface area contributed by atoms with Crippen LogP contribution in [0, 0.1) is 0 Å². The summed E-state index contributed by atoms with van der Waals surface area (Å²) in [6.45, 7) is 1.23. The van der Waals surface area contributed by atoms with Crippen molar-refractivity contribution < 1.29 is 14.3 Å². The second kappa shape index (κ2) is 10.1. The number of allylic oxidation sites excluding steroid dienone is 1. The Labute approximate surface area is 188 Å². The van der Waals surface area contributed by atoms with Gasteiger partial charge in [0.15, 0.2) is 0 Å². The Bertz CT molecular complexity index is 932. The lowest BCUT2D eigenvalue weighted by Crippen LogP contribution is -2.35. The third-order valence-electron chi connectivity index (χ3n) is 5.85. The van der Waals surface area contributed by atoms with Crippen LogP contribution in [-0.2, 0) is 22.6 Å². The van der Waals surface area contributed by atoms with Gasteiger partial charge in [-0.05, 0) is 24.0 Å². The zero-order valence-corrected chi connectivity index (χ0v) is 18.6. The number of hydrogen-bond acceptors (Lipinski definition) is 4. The number of unbranched alkanes of at least 4 members (excludes halogenated alkanes) is 1. The number of ether oxygens (including phenoxy) is 1. The molecule has 0 N–H and O–H groups in total. The van der Waals surface area contributed by atoms with Gasteiger partial charge in [0.2, 0.25) is 0 Å². The molecule has 4 rings (SSSR count). The number of thioether (sulfide) groups is 1. The molecular formula is C25H28N2O3S. The Morgan fingerprint density at radius 2 is 1.65 bits per heavy atom. The molecule has 0 saturated carbocycles. The van der Waals surface area contributed by atoms with Crippen molar-refractivity contribution in [2.45, 2.75) is 44.4 Å². The summed E-state index contributed by atoms with van der Waals surface area (Å²) in [5.74, 6) is 0.725. The lowest BCUT2D eigenvalue weighted by molar-refractivity contribution is -0.140. The van der Waals surface area contributed by atoms with Crippen molar-refractivity contribution in [3.63, 3.8) is 0 Å². The molecule has 2 heterocycles. The van der Waals surface area contributed by atoms with Crippen LogP contribution in [-0.4, -0.2) is 46.7 Å². The first-order valence-corrected chi connectivity index (χ1v) is 11.7. The highest BCUT2D eigenvalue weighted by molar-refractivity contribution is 8.03. The van der Waals surface area contributed by atoms with E-state index in [0.29, 0.717) is 19.5 Å². The molecule has 2 aromatic rings. The number of esters is 1. The minimum atomic E-state index is -0.175. The summed E-state index contributed by atoms with van der Waals surface area (Å²) >= 11 is 1.84. The average molecular weight is 437 g/mol. The van der Waals surface area contributed by atoms with Gasteiger partial charge in [-0.25, -0.2) is 4.79 Å². The molecule has 2 fully saturated rings. The minimum Gasteiger partial charge on any atom is -0.469 e. The molecule has 0 radical (unpaired) electrons. The zero-order chi connectivity index (χ0) is 21.6. The summed E-state index contributed by atoms with van der Waals surface area (Å²) in [6.07, 6.45) is 4.21. The van der Waals surface area contributed by atoms with Gasteiger partial charge in [-0.2, -0.15) is 0 Å². The van der Waals surface area contributed by atoms with Crippen LogP contribution in [0.2, 0.25) is 0 Å². The first kappa shape index (κ1) is 21.5. The Balaban J connectivity index is 1.54. The number of nitrogens with zero attached hydrogens (tertiary/aromatic N) is 2. The van der Waals surface area contributed by atoms with Crippen molar-refractivity contribution in [2.75, 3.05) is 12.9 Å². The average Bonchev–Trinajstić information content (AvgIpc) is 3.32. The van der Waals surface area contributed by atoms with E-state index in [4.69, 9.17) is 4.74 Å². The fourth-order valence-electron chi connectivity index (χ4n) is 4.28. The molecule has 0 spiro atoms. The number of fused-ring (bicyclic) bond motifs is 1. The molecule has 2 aliphatic heterocycles. The first-order chi connectivity index (χ1) is 15.2. The maximum atomic E-state index is 13.5. The number of rotatable bonds is 8. The van der Waals surface area contributed by atoms with E-state index in [1.807, 2.05) is 58.0 Å². The quantitative estimate of drug-likeness (QED) is 0.338. The van der Waals surface area contributed by atoms with E-state index >= 15 is 0 Å². The molecule has 6 heteroatoms. The lowest BCUT2D eigenvalue weighted by atomic mass is 10.1. The number of methoxy groups -OCH3 is 1. The van der Waals surface area contributed by atoms with Crippen LogP contribution in [0.5, 0.6) is 0 Å². The summed E-state index contributed by atoms with van der Waals surface area (Å²) < 4.78 is 4.74. The monoisotopic (exact) mass is 436 g/mol. The Kier molecular flexibility index (Phi) is 6.97. The van der Waals surface area contributed by atoms with Gasteiger partial charge < -0.3 is 14.5 Å². The maximum Gasteiger partial charge on any atom is 0.321 e. The number of benzene rings is 2. The molecular weight excluding hydrogens is 408 g/mol. The van der Waals surface area contributed by atoms with Crippen LogP contribution in [0.3, 0.4) is 0 Å². The molecule has 162 valence electrons. The van der Waals surface area contributed by atoms with Crippen molar-refractivity contribution in [1.29, 1.82) is 0 Å². The molecule has 31 heavy (non-hydrogen) atoms. The molecule has 0 aromatic heterocycles. The van der Waals surface area contributed by atoms with E-state index in [1.165, 1.54) is 12.0 Å². The largest absolute Gasteiger partial charge is 0.469 e. The molecule has 0 bridgehead atoms. The Morgan fingerprint density at radius 3 is 2.26 bits per heavy atom. The number of urea groups is 1. The molecule has 2 amide bonds. The summed E-state index contributed by atoms with van der Waals surface area (Å²) in [6, 6.07) is 20.7. The van der Waals surface area contributed by atoms with Crippen molar-refractivity contribution in [1.82, 2.24) is 9.80 Å². The highest BCUT2D eigenvalue weighted by Crippen LogP contribution is 2.43. The van der Waals surface area contributed by atoms with E-state index in [-0.39, 0.29) is 24.1 Å². The van der Waals surface area contributed by atoms with Gasteiger partial charge in [-0.3, -0.25) is 4.79 Å². The predicted molar refractivity (Wildman–Crippen MR) is 123 cm³/mol. The van der Waals surface area contributed by atoms with E-state index < -0.39 is 0 Å². The highest BCUT2D eigenvalue weighted by atomic mass is 32.2. The molecule has 2 atom stereocenters. The molecule has 2 aromatic carbocycles. The van der Waals surface area contributed by atoms with Crippen LogP contribution < -0.4 is 0 Å². The molecule has 2 saturated heterocycles. The van der Waals surface area contributed by atoms with E-state index in [0.717, 1.165) is 29.7 Å². The lowest BCUT2D eigenvalue weighted by Gasteiger charge is -2.23. The molecule has 0 unspecified atom stereocenters. The smallest absolute Gasteiger partial charge is 0.321 e. The van der Waals surface area contributed by atoms with E-state index in [1.54, 1.807) is 0 Å². The van der Waals surface area contributed by atoms with Gasteiger partial charge in [0.25, 0.3) is 0 Å². The van der Waals surface area contributed by atoms with Gasteiger partial charge in [0.1, 0.15) is 0 Å². The minimum absolute atomic E-state index is 0.0690. The summed E-state index contributed by atoms with van der Waals surface area (Å²) in [4.78, 5) is 30.2. The van der Waals surface area contributed by atoms with E-state index in [2.05, 4.69) is 30.3 Å². The Morgan fingerprint density at radius 1 is 1.03 bits per heavy atom. The van der Waals surface area contributed by atoms with Crippen LogP contribution in [0.25, 0.3) is 0 Å². The van der Waals surface area contributed by atoms with Crippen LogP contribution >= 0.6 is 11.8 Å². The van der Waals surface area contributed by atoms with Crippen molar-refractivity contribution in [3.05, 3.63) is 82.8 Å². The predicted octanol–water partition coefficient (Wildman–Crippen LogP) is 4.84.